The molecule has 0 amide bonds. The molecule has 0 radical (unpaired) electrons. The van der Waals surface area contributed by atoms with Gasteiger partial charge in [0.15, 0.2) is 46.3 Å². The van der Waals surface area contributed by atoms with Crippen LogP contribution in [0.3, 0.4) is 0 Å². The number of ether oxygens (including phenoxy) is 6. The van der Waals surface area contributed by atoms with Gasteiger partial charge in [-0.2, -0.15) is 9.97 Å². The molecule has 8 rings (SSSR count). The van der Waals surface area contributed by atoms with Crippen molar-refractivity contribution in [3.63, 3.8) is 0 Å². The molecule has 0 aliphatic heterocycles. The number of nitrogens with zero attached hydrogens (tertiary/aromatic N) is 8. The number of methoxy groups -OCH3 is 2. The summed E-state index contributed by atoms with van der Waals surface area (Å²) in [5, 5.41) is 0. The average molecular weight is 1050 g/mol. The lowest BCUT2D eigenvalue weighted by atomic mass is 10.0. The largest absolute Gasteiger partial charge is 0.493 e. The first-order valence-electron chi connectivity index (χ1n) is 22.2. The molecule has 0 saturated carbocycles. The summed E-state index contributed by atoms with van der Waals surface area (Å²) >= 11 is 0. The van der Waals surface area contributed by atoms with Gasteiger partial charge in [-0.05, 0) is 83.6 Å². The Bertz CT molecular complexity index is 3150. The Kier molecular flexibility index (Phi) is 18.0. The molecular weight excluding hydrogens is 989 g/mol. The lowest BCUT2D eigenvalue weighted by molar-refractivity contribution is 0.198. The van der Waals surface area contributed by atoms with Gasteiger partial charge in [-0.15, -0.1) is 0 Å². The molecule has 0 atom stereocenters. The molecule has 4 heterocycles. The first-order chi connectivity index (χ1) is 34.7. The highest BCUT2D eigenvalue weighted by Crippen LogP contribution is 2.43. The van der Waals surface area contributed by atoms with Crippen molar-refractivity contribution in [2.24, 2.45) is 0 Å². The summed E-state index contributed by atoms with van der Waals surface area (Å²) in [6.45, 7) is 7.32. The Morgan fingerprint density at radius 3 is 1.11 bits per heavy atom. The number of hydrogen-bond donors (Lipinski definition) is 2. The van der Waals surface area contributed by atoms with Crippen LogP contribution in [0, 0.1) is 0 Å². The maximum Gasteiger partial charge on any atom is 0.264 e. The molecule has 0 unspecified atom stereocenters. The van der Waals surface area contributed by atoms with E-state index in [0.29, 0.717) is 11.5 Å². The van der Waals surface area contributed by atoms with E-state index in [1.807, 2.05) is 27.7 Å². The zero-order chi connectivity index (χ0) is 50.8. The van der Waals surface area contributed by atoms with Crippen molar-refractivity contribution in [3.05, 3.63) is 145 Å². The lowest BCUT2D eigenvalue weighted by Gasteiger charge is -2.19. The first kappa shape index (κ1) is 54.8. The molecule has 0 fully saturated rings. The number of rotatable bonds is 21. The summed E-state index contributed by atoms with van der Waals surface area (Å²) in [6, 6.07) is 29.4. The van der Waals surface area contributed by atoms with Crippen LogP contribution in [0.4, 0.5) is 11.6 Å². The van der Waals surface area contributed by atoms with Gasteiger partial charge in [0.05, 0.1) is 24.0 Å². The molecule has 2 N–H and O–H groups in total. The second kappa shape index (κ2) is 24.3. The fourth-order valence-corrected chi connectivity index (χ4v) is 8.76. The van der Waals surface area contributed by atoms with E-state index >= 15 is 0 Å². The number of hydrogen-bond acceptors (Lipinski definition) is 18. The van der Waals surface area contributed by atoms with E-state index in [1.165, 1.54) is 63.3 Å². The van der Waals surface area contributed by atoms with Crippen molar-refractivity contribution in [2.75, 3.05) is 36.9 Å². The number of anilines is 2. The van der Waals surface area contributed by atoms with Crippen molar-refractivity contribution < 1.29 is 45.3 Å². The highest BCUT2D eigenvalue weighted by atomic mass is 32.2. The molecular formula is C52H56N10O10S2. The maximum atomic E-state index is 14.1. The van der Waals surface area contributed by atoms with Gasteiger partial charge in [-0.3, -0.25) is 9.44 Å². The Labute approximate surface area is 430 Å². The van der Waals surface area contributed by atoms with E-state index in [0.717, 1.165) is 11.1 Å². The molecule has 0 aliphatic rings. The highest BCUT2D eigenvalue weighted by molar-refractivity contribution is 7.93. The fraction of sp³-hybridized carbons (Fsp3) is 0.231. The topological polar surface area (TPSA) is 251 Å². The molecule has 4 aromatic carbocycles. The van der Waals surface area contributed by atoms with E-state index in [4.69, 9.17) is 28.4 Å². The minimum Gasteiger partial charge on any atom is -0.493 e. The average Bonchev–Trinajstić information content (AvgIpc) is 3.39. The Morgan fingerprint density at radius 2 is 0.784 bits per heavy atom. The second-order valence-electron chi connectivity index (χ2n) is 16.1. The van der Waals surface area contributed by atoms with Crippen LogP contribution in [0.1, 0.15) is 65.5 Å². The Hall–Kier alpha value is -8.50. The van der Waals surface area contributed by atoms with Crippen molar-refractivity contribution in [1.82, 2.24) is 39.9 Å². The van der Waals surface area contributed by atoms with Crippen LogP contribution in [-0.2, 0) is 20.0 Å². The summed E-state index contributed by atoms with van der Waals surface area (Å²) in [5.41, 5.74) is 1.88. The van der Waals surface area contributed by atoms with Crippen LogP contribution < -0.4 is 37.9 Å². The van der Waals surface area contributed by atoms with Gasteiger partial charge in [-0.25, -0.2) is 46.7 Å². The van der Waals surface area contributed by atoms with Crippen molar-refractivity contribution in [2.45, 2.75) is 64.2 Å². The monoisotopic (exact) mass is 1040 g/mol. The fourth-order valence-electron chi connectivity index (χ4n) is 6.75. The van der Waals surface area contributed by atoms with Crippen LogP contribution >= 0.6 is 0 Å². The normalized spacial score (nSPS) is 11.2. The number of aromatic nitrogens is 8. The highest BCUT2D eigenvalue weighted by Gasteiger charge is 2.29. The zero-order valence-electron chi connectivity index (χ0n) is 39.7. The molecule has 8 aromatic rings. The third-order valence-electron chi connectivity index (χ3n) is 10.5. The van der Waals surface area contributed by atoms with E-state index in [2.05, 4.69) is 49.3 Å². The van der Waals surface area contributed by atoms with Crippen LogP contribution in [-0.4, -0.2) is 84.1 Å². The van der Waals surface area contributed by atoms with Gasteiger partial charge < -0.3 is 28.4 Å². The van der Waals surface area contributed by atoms with E-state index < -0.39 is 20.0 Å². The van der Waals surface area contributed by atoms with Crippen molar-refractivity contribution in [1.29, 1.82) is 0 Å². The van der Waals surface area contributed by atoms with E-state index in [-0.39, 0.29) is 119 Å². The van der Waals surface area contributed by atoms with Crippen LogP contribution in [0.15, 0.2) is 144 Å². The van der Waals surface area contributed by atoms with E-state index in [9.17, 15) is 16.8 Å². The summed E-state index contributed by atoms with van der Waals surface area (Å²) in [5.74, 6) is -0.660. The lowest BCUT2D eigenvalue weighted by Crippen LogP contribution is -2.18. The molecule has 0 spiro atoms. The predicted molar refractivity (Wildman–Crippen MR) is 279 cm³/mol. The summed E-state index contributed by atoms with van der Waals surface area (Å²) < 4.78 is 98.1. The number of benzene rings is 4. The van der Waals surface area contributed by atoms with E-state index in [1.54, 1.807) is 84.9 Å². The molecule has 0 aliphatic carbocycles. The standard InChI is InChI=1S/C50H48N10O10S2.2CH4/c1-31(2)33-17-21-35(22-18-33)71(61,62)59-43-41(69-39-15-9-7-13-37(39)65-5)49(57-47(55-43)45-51-25-11-26-52-45)67-29-30-68-50-42(70-40-16-10-8-14-38(40)66-6)44(56-48(58-50)46-53-27-12-28-54-46)60-72(63,64)36-23-19-34(20-24-36)32(3)4;;/h7-28,31-32H,29-30H2,1-6H3,(H,55,57,59)(H,56,58,60);2*1H4. The van der Waals surface area contributed by atoms with Gasteiger partial charge in [0.2, 0.25) is 23.1 Å². The van der Waals surface area contributed by atoms with Gasteiger partial charge in [0, 0.05) is 24.8 Å². The molecule has 20 nitrogen and oxygen atoms in total. The van der Waals surface area contributed by atoms with Gasteiger partial charge in [0.25, 0.3) is 31.8 Å². The molecule has 22 heteroatoms. The summed E-state index contributed by atoms with van der Waals surface area (Å²) in [6.07, 6.45) is 5.88. The number of nitrogens with one attached hydrogen (secondary N) is 2. The summed E-state index contributed by atoms with van der Waals surface area (Å²) in [4.78, 5) is 35.4. The molecule has 386 valence electrons. The van der Waals surface area contributed by atoms with Gasteiger partial charge in [0.1, 0.15) is 13.2 Å². The molecule has 74 heavy (non-hydrogen) atoms. The Morgan fingerprint density at radius 1 is 0.446 bits per heavy atom. The minimum absolute atomic E-state index is 0. The van der Waals surface area contributed by atoms with Crippen LogP contribution in [0.2, 0.25) is 0 Å². The minimum atomic E-state index is -4.34. The first-order valence-corrected chi connectivity index (χ1v) is 25.2. The molecule has 0 saturated heterocycles. The number of sulfonamides is 2. The third kappa shape index (κ3) is 12.9. The smallest absolute Gasteiger partial charge is 0.264 e. The van der Waals surface area contributed by atoms with Crippen molar-refractivity contribution in [3.8, 4) is 69.6 Å². The molecule has 4 aromatic heterocycles. The third-order valence-corrected chi connectivity index (χ3v) is 13.2. The van der Waals surface area contributed by atoms with Crippen LogP contribution in [0.25, 0.3) is 23.3 Å². The zero-order valence-corrected chi connectivity index (χ0v) is 41.4. The van der Waals surface area contributed by atoms with Gasteiger partial charge >= 0.3 is 0 Å². The van der Waals surface area contributed by atoms with Crippen molar-refractivity contribution >= 4 is 31.7 Å². The van der Waals surface area contributed by atoms with Gasteiger partial charge in [-0.1, -0.05) is 91.1 Å². The quantitative estimate of drug-likeness (QED) is 0.0635. The summed E-state index contributed by atoms with van der Waals surface area (Å²) in [7, 11) is -5.78. The second-order valence-corrected chi connectivity index (χ2v) is 19.4. The SMILES string of the molecule is C.C.COc1ccccc1Oc1c(NS(=O)(=O)c2ccc(C(C)C)cc2)nc(-c2ncccn2)nc1OCCOc1nc(-c2ncccn2)nc(NS(=O)(=O)c2ccc(C(C)C)cc2)c1Oc1ccccc1OC. The predicted octanol–water partition coefficient (Wildman–Crippen LogP) is 10.4. The molecule has 0 bridgehead atoms. The Balaban J connectivity index is 0.00000446. The van der Waals surface area contributed by atoms with Crippen LogP contribution in [0.5, 0.6) is 46.3 Å². The number of para-hydroxylation sites is 4. The maximum absolute atomic E-state index is 14.1.